The maximum absolute atomic E-state index is 13.2. The van der Waals surface area contributed by atoms with Crippen molar-refractivity contribution < 1.29 is 23.7 Å². The minimum Gasteiger partial charge on any atom is -0.493 e. The molecule has 3 rings (SSSR count). The Balaban J connectivity index is 1.74. The number of carbonyl (C=O) groups is 1. The van der Waals surface area contributed by atoms with Crippen LogP contribution in [-0.4, -0.2) is 61.8 Å². The Bertz CT molecular complexity index is 721. The zero-order valence-electron chi connectivity index (χ0n) is 19.0. The van der Waals surface area contributed by atoms with Gasteiger partial charge in [-0.25, -0.2) is 0 Å². The van der Waals surface area contributed by atoms with Gasteiger partial charge in [0.1, 0.15) is 19.3 Å². The van der Waals surface area contributed by atoms with Crippen LogP contribution in [0.3, 0.4) is 0 Å². The second kappa shape index (κ2) is 9.62. The molecule has 7 heteroatoms. The minimum absolute atomic E-state index is 0.0515. The first-order valence-corrected chi connectivity index (χ1v) is 10.8. The monoisotopic (exact) mass is 420 g/mol. The standard InChI is InChI=1S/C23H36N2O5/c1-17(2)12-20-23(30-16-28-5,21(26)25(20)15-27-4)14-18-13-19(6-10-24-18)29-11-9-22(3)7-8-22/h6,10,13,17,20H,7-9,11-12,14-16H2,1-5H3. The van der Waals surface area contributed by atoms with E-state index in [-0.39, 0.29) is 25.5 Å². The molecule has 30 heavy (non-hydrogen) atoms. The molecule has 168 valence electrons. The third-order valence-corrected chi connectivity index (χ3v) is 6.24. The number of aromatic nitrogens is 1. The predicted molar refractivity (Wildman–Crippen MR) is 113 cm³/mol. The summed E-state index contributed by atoms with van der Waals surface area (Å²) in [5.74, 6) is 1.10. The van der Waals surface area contributed by atoms with E-state index in [1.54, 1.807) is 25.3 Å². The van der Waals surface area contributed by atoms with Gasteiger partial charge in [-0.05, 0) is 43.1 Å². The van der Waals surface area contributed by atoms with Gasteiger partial charge in [-0.2, -0.15) is 0 Å². The highest BCUT2D eigenvalue weighted by Gasteiger charge is 2.62. The number of carbonyl (C=O) groups excluding carboxylic acids is 1. The van der Waals surface area contributed by atoms with Gasteiger partial charge in [-0.15, -0.1) is 0 Å². The van der Waals surface area contributed by atoms with Crippen LogP contribution in [-0.2, 0) is 25.4 Å². The molecular formula is C23H36N2O5. The summed E-state index contributed by atoms with van der Waals surface area (Å²) >= 11 is 0. The van der Waals surface area contributed by atoms with Crippen LogP contribution in [0.4, 0.5) is 0 Å². The Morgan fingerprint density at radius 2 is 2.03 bits per heavy atom. The van der Waals surface area contributed by atoms with Gasteiger partial charge in [0.05, 0.1) is 12.6 Å². The van der Waals surface area contributed by atoms with Gasteiger partial charge in [0.15, 0.2) is 5.60 Å². The third-order valence-electron chi connectivity index (χ3n) is 6.24. The molecule has 1 aromatic rings. The van der Waals surface area contributed by atoms with Crippen LogP contribution < -0.4 is 4.74 Å². The summed E-state index contributed by atoms with van der Waals surface area (Å²) in [6.45, 7) is 7.58. The molecule has 1 aliphatic heterocycles. The number of ether oxygens (including phenoxy) is 4. The van der Waals surface area contributed by atoms with Gasteiger partial charge < -0.3 is 23.8 Å². The van der Waals surface area contributed by atoms with E-state index in [4.69, 9.17) is 18.9 Å². The summed E-state index contributed by atoms with van der Waals surface area (Å²) in [5, 5.41) is 0. The average Bonchev–Trinajstić information content (AvgIpc) is 3.45. The molecule has 2 atom stereocenters. The molecule has 2 fully saturated rings. The smallest absolute Gasteiger partial charge is 0.259 e. The number of β-lactam (4-membered cyclic amide) rings is 1. The molecule has 2 heterocycles. The summed E-state index contributed by atoms with van der Waals surface area (Å²) < 4.78 is 22.4. The molecule has 0 spiro atoms. The number of likely N-dealkylation sites (tertiary alicyclic amines) is 1. The van der Waals surface area contributed by atoms with Crippen molar-refractivity contribution in [3.8, 4) is 5.75 Å². The molecule has 1 amide bonds. The van der Waals surface area contributed by atoms with Gasteiger partial charge in [-0.1, -0.05) is 20.8 Å². The number of nitrogens with zero attached hydrogens (tertiary/aromatic N) is 2. The topological polar surface area (TPSA) is 70.1 Å². The highest BCUT2D eigenvalue weighted by molar-refractivity contribution is 5.93. The van der Waals surface area contributed by atoms with E-state index in [1.165, 1.54) is 12.8 Å². The number of hydrogen-bond acceptors (Lipinski definition) is 6. The lowest BCUT2D eigenvalue weighted by Gasteiger charge is -2.55. The van der Waals surface area contributed by atoms with Gasteiger partial charge in [0, 0.05) is 38.6 Å². The Hall–Kier alpha value is -1.70. The van der Waals surface area contributed by atoms with Crippen LogP contribution in [0.2, 0.25) is 0 Å². The lowest BCUT2D eigenvalue weighted by Crippen LogP contribution is -2.76. The van der Waals surface area contributed by atoms with E-state index in [2.05, 4.69) is 25.8 Å². The van der Waals surface area contributed by atoms with Crippen LogP contribution in [0.15, 0.2) is 18.3 Å². The van der Waals surface area contributed by atoms with Crippen molar-refractivity contribution in [1.82, 2.24) is 9.88 Å². The Morgan fingerprint density at radius 1 is 1.27 bits per heavy atom. The normalized spacial score (nSPS) is 24.8. The Morgan fingerprint density at radius 3 is 2.67 bits per heavy atom. The van der Waals surface area contributed by atoms with Crippen molar-refractivity contribution in [3.63, 3.8) is 0 Å². The summed E-state index contributed by atoms with van der Waals surface area (Å²) in [7, 11) is 3.16. The molecule has 2 aliphatic rings. The number of rotatable bonds is 13. The lowest BCUT2D eigenvalue weighted by atomic mass is 9.75. The number of amides is 1. The van der Waals surface area contributed by atoms with E-state index in [0.29, 0.717) is 24.4 Å². The summed E-state index contributed by atoms with van der Waals surface area (Å²) in [5.41, 5.74) is 0.243. The zero-order valence-corrected chi connectivity index (χ0v) is 19.0. The predicted octanol–water partition coefficient (Wildman–Crippen LogP) is 3.41. The van der Waals surface area contributed by atoms with Gasteiger partial charge in [0.25, 0.3) is 5.91 Å². The second-order valence-electron chi connectivity index (χ2n) is 9.35. The number of pyridine rings is 1. The number of hydrogen-bond donors (Lipinski definition) is 0. The molecule has 1 saturated carbocycles. The zero-order chi connectivity index (χ0) is 21.8. The Kier molecular flexibility index (Phi) is 7.37. The third kappa shape index (κ3) is 5.13. The summed E-state index contributed by atoms with van der Waals surface area (Å²) in [6, 6.07) is 3.69. The first-order chi connectivity index (χ1) is 14.3. The van der Waals surface area contributed by atoms with Crippen LogP contribution >= 0.6 is 0 Å². The largest absolute Gasteiger partial charge is 0.493 e. The van der Waals surface area contributed by atoms with Crippen molar-refractivity contribution in [3.05, 3.63) is 24.0 Å². The van der Waals surface area contributed by atoms with Crippen LogP contribution in [0, 0.1) is 11.3 Å². The summed E-state index contributed by atoms with van der Waals surface area (Å²) in [4.78, 5) is 19.4. The maximum atomic E-state index is 13.2. The van der Waals surface area contributed by atoms with Crippen molar-refractivity contribution in [2.45, 2.75) is 64.5 Å². The SMILES string of the molecule is COCOC1(Cc2cc(OCCC3(C)CC3)ccn2)C(=O)N(COC)C1CC(C)C. The summed E-state index contributed by atoms with van der Waals surface area (Å²) in [6.07, 6.45) is 6.56. The van der Waals surface area contributed by atoms with E-state index < -0.39 is 5.60 Å². The Labute approximate surface area is 180 Å². The van der Waals surface area contributed by atoms with Crippen molar-refractivity contribution in [2.24, 2.45) is 11.3 Å². The average molecular weight is 421 g/mol. The van der Waals surface area contributed by atoms with Gasteiger partial charge >= 0.3 is 0 Å². The highest BCUT2D eigenvalue weighted by atomic mass is 16.7. The fourth-order valence-electron chi connectivity index (χ4n) is 4.12. The van der Waals surface area contributed by atoms with Gasteiger partial charge in [-0.3, -0.25) is 9.78 Å². The van der Waals surface area contributed by atoms with E-state index in [0.717, 1.165) is 24.3 Å². The molecule has 1 aliphatic carbocycles. The van der Waals surface area contributed by atoms with E-state index in [1.807, 2.05) is 12.1 Å². The molecular weight excluding hydrogens is 384 g/mol. The van der Waals surface area contributed by atoms with E-state index >= 15 is 0 Å². The van der Waals surface area contributed by atoms with Crippen molar-refractivity contribution in [2.75, 3.05) is 34.4 Å². The van der Waals surface area contributed by atoms with Crippen LogP contribution in [0.5, 0.6) is 5.75 Å². The quantitative estimate of drug-likeness (QED) is 0.360. The molecule has 1 aromatic heterocycles. The first kappa shape index (κ1) is 23.0. The minimum atomic E-state index is -0.994. The molecule has 2 unspecified atom stereocenters. The van der Waals surface area contributed by atoms with Crippen molar-refractivity contribution >= 4 is 5.91 Å². The molecule has 0 aromatic carbocycles. The number of methoxy groups -OCH3 is 2. The highest BCUT2D eigenvalue weighted by Crippen LogP contribution is 2.48. The fourth-order valence-corrected chi connectivity index (χ4v) is 4.12. The molecule has 0 N–H and O–H groups in total. The van der Waals surface area contributed by atoms with Crippen molar-refractivity contribution in [1.29, 1.82) is 0 Å². The van der Waals surface area contributed by atoms with E-state index in [9.17, 15) is 4.79 Å². The van der Waals surface area contributed by atoms with Crippen LogP contribution in [0.25, 0.3) is 0 Å². The molecule has 0 radical (unpaired) electrons. The second-order valence-corrected chi connectivity index (χ2v) is 9.35. The molecule has 0 bridgehead atoms. The van der Waals surface area contributed by atoms with Gasteiger partial charge in [0.2, 0.25) is 0 Å². The lowest BCUT2D eigenvalue weighted by molar-refractivity contribution is -0.235. The fraction of sp³-hybridized carbons (Fsp3) is 0.739. The van der Waals surface area contributed by atoms with Crippen LogP contribution in [0.1, 0.15) is 52.1 Å². The maximum Gasteiger partial charge on any atom is 0.259 e. The molecule has 1 saturated heterocycles. The molecule has 7 nitrogen and oxygen atoms in total. The first-order valence-electron chi connectivity index (χ1n) is 10.8.